The normalized spacial score (nSPS) is 12.3. The van der Waals surface area contributed by atoms with Crippen molar-refractivity contribution in [3.05, 3.63) is 36.5 Å². The van der Waals surface area contributed by atoms with E-state index in [1.54, 1.807) is 0 Å². The zero-order valence-corrected chi connectivity index (χ0v) is 38.6. The molecule has 0 N–H and O–H groups in total. The average Bonchev–Trinajstić information content (AvgIpc) is 3.22. The van der Waals surface area contributed by atoms with E-state index in [-0.39, 0.29) is 31.1 Å². The second kappa shape index (κ2) is 47.3. The van der Waals surface area contributed by atoms with Crippen molar-refractivity contribution in [2.75, 3.05) is 13.2 Å². The number of hydrogen-bond acceptors (Lipinski definition) is 6. The minimum absolute atomic E-state index is 0.0771. The largest absolute Gasteiger partial charge is 0.462 e. The molecule has 0 spiro atoms. The molecule has 0 fully saturated rings. The molecule has 0 aliphatic heterocycles. The van der Waals surface area contributed by atoms with Gasteiger partial charge >= 0.3 is 17.9 Å². The fraction of sp³-hybridized carbons (Fsp3) is 0.827. The van der Waals surface area contributed by atoms with Crippen molar-refractivity contribution >= 4 is 17.9 Å². The fourth-order valence-electron chi connectivity index (χ4n) is 7.04. The molecule has 0 saturated heterocycles. The van der Waals surface area contributed by atoms with E-state index < -0.39 is 6.10 Å². The molecule has 0 rings (SSSR count). The lowest BCUT2D eigenvalue weighted by atomic mass is 10.1. The third-order valence-corrected chi connectivity index (χ3v) is 10.9. The van der Waals surface area contributed by atoms with Gasteiger partial charge in [-0.15, -0.1) is 0 Å². The van der Waals surface area contributed by atoms with Crippen LogP contribution in [0.5, 0.6) is 0 Å². The van der Waals surface area contributed by atoms with Crippen LogP contribution in [0.2, 0.25) is 0 Å². The number of allylic oxidation sites excluding steroid dienone is 6. The van der Waals surface area contributed by atoms with Gasteiger partial charge in [0.05, 0.1) is 0 Å². The van der Waals surface area contributed by atoms with Gasteiger partial charge in [-0.2, -0.15) is 0 Å². The van der Waals surface area contributed by atoms with Gasteiger partial charge in [0, 0.05) is 19.3 Å². The second-order valence-electron chi connectivity index (χ2n) is 16.7. The van der Waals surface area contributed by atoms with Gasteiger partial charge in [0.2, 0.25) is 0 Å². The molecule has 0 bridgehead atoms. The molecule has 0 radical (unpaired) electrons. The van der Waals surface area contributed by atoms with E-state index in [2.05, 4.69) is 57.2 Å². The molecule has 58 heavy (non-hydrogen) atoms. The molecule has 0 amide bonds. The Morgan fingerprint density at radius 2 is 0.638 bits per heavy atom. The van der Waals surface area contributed by atoms with Gasteiger partial charge in [0.25, 0.3) is 0 Å². The Hall–Kier alpha value is -2.37. The van der Waals surface area contributed by atoms with Crippen molar-refractivity contribution in [2.24, 2.45) is 0 Å². The molecule has 0 aliphatic carbocycles. The summed E-state index contributed by atoms with van der Waals surface area (Å²) in [4.78, 5) is 37.8. The highest BCUT2D eigenvalue weighted by molar-refractivity contribution is 5.71. The van der Waals surface area contributed by atoms with E-state index in [0.717, 1.165) is 83.5 Å². The van der Waals surface area contributed by atoms with Crippen molar-refractivity contribution < 1.29 is 28.6 Å². The quantitative estimate of drug-likeness (QED) is 0.0264. The first kappa shape index (κ1) is 55.6. The Bertz CT molecular complexity index is 984. The Balaban J connectivity index is 4.33. The van der Waals surface area contributed by atoms with Crippen molar-refractivity contribution in [3.8, 4) is 0 Å². The summed E-state index contributed by atoms with van der Waals surface area (Å²) in [6.07, 6.45) is 54.1. The highest BCUT2D eigenvalue weighted by Gasteiger charge is 2.19. The maximum Gasteiger partial charge on any atom is 0.306 e. The maximum absolute atomic E-state index is 12.7. The highest BCUT2D eigenvalue weighted by atomic mass is 16.6. The molecular weight excluding hydrogens is 721 g/mol. The first-order valence-corrected chi connectivity index (χ1v) is 25.0. The Morgan fingerprint density at radius 1 is 0.345 bits per heavy atom. The van der Waals surface area contributed by atoms with Gasteiger partial charge in [-0.05, 0) is 70.6 Å². The van der Waals surface area contributed by atoms with Crippen molar-refractivity contribution in [2.45, 2.75) is 264 Å². The van der Waals surface area contributed by atoms with Crippen molar-refractivity contribution in [1.82, 2.24) is 0 Å². The third-order valence-electron chi connectivity index (χ3n) is 10.9. The van der Waals surface area contributed by atoms with Crippen molar-refractivity contribution in [1.29, 1.82) is 0 Å². The number of hydrogen-bond donors (Lipinski definition) is 0. The van der Waals surface area contributed by atoms with Gasteiger partial charge in [-0.25, -0.2) is 0 Å². The van der Waals surface area contributed by atoms with E-state index in [4.69, 9.17) is 14.2 Å². The van der Waals surface area contributed by atoms with Crippen LogP contribution in [-0.4, -0.2) is 37.2 Å². The van der Waals surface area contributed by atoms with E-state index >= 15 is 0 Å². The average molecular weight is 815 g/mol. The van der Waals surface area contributed by atoms with E-state index in [1.165, 1.54) is 135 Å². The molecule has 6 nitrogen and oxygen atoms in total. The molecule has 0 aromatic rings. The summed E-state index contributed by atoms with van der Waals surface area (Å²) in [6.45, 7) is 6.57. The summed E-state index contributed by atoms with van der Waals surface area (Å²) >= 11 is 0. The fourth-order valence-corrected chi connectivity index (χ4v) is 7.04. The molecular formula is C52H94O6. The highest BCUT2D eigenvalue weighted by Crippen LogP contribution is 2.14. The number of rotatable bonds is 45. The third kappa shape index (κ3) is 44.7. The SMILES string of the molecule is CCCC/C=C\C/C=C\CCCCCCCC(=O)OC(COC(=O)CCCCCCCCC/C=C\CCCCCCCC)COC(=O)CCCCCCCCCCC. The minimum Gasteiger partial charge on any atom is -0.462 e. The number of ether oxygens (including phenoxy) is 3. The molecule has 0 aliphatic rings. The standard InChI is InChI=1S/C52H94O6/c1-4-7-10-13-16-19-21-23-25-26-27-29-30-33-36-39-42-45-51(54)57-48-49(47-56-50(53)44-41-38-35-32-18-15-12-9-6-3)58-52(55)46-43-40-37-34-31-28-24-22-20-17-14-11-8-5-2/h14,17,22-25,49H,4-13,15-16,18-21,26-48H2,1-3H3/b17-14-,24-22-,25-23-. The lowest BCUT2D eigenvalue weighted by molar-refractivity contribution is -0.167. The maximum atomic E-state index is 12.7. The van der Waals surface area contributed by atoms with Crippen LogP contribution >= 0.6 is 0 Å². The molecule has 338 valence electrons. The topological polar surface area (TPSA) is 78.9 Å². The van der Waals surface area contributed by atoms with Gasteiger partial charge in [-0.1, -0.05) is 205 Å². The van der Waals surface area contributed by atoms with Crippen LogP contribution in [0.1, 0.15) is 258 Å². The second-order valence-corrected chi connectivity index (χ2v) is 16.7. The van der Waals surface area contributed by atoms with Crippen LogP contribution in [0, 0.1) is 0 Å². The predicted molar refractivity (Wildman–Crippen MR) is 247 cm³/mol. The van der Waals surface area contributed by atoms with E-state index in [1.807, 2.05) is 0 Å². The summed E-state index contributed by atoms with van der Waals surface area (Å²) in [7, 11) is 0. The number of carbonyl (C=O) groups excluding carboxylic acids is 3. The molecule has 0 aromatic carbocycles. The zero-order valence-electron chi connectivity index (χ0n) is 38.6. The Kier molecular flexibility index (Phi) is 45.4. The Morgan fingerprint density at radius 3 is 1.02 bits per heavy atom. The summed E-state index contributed by atoms with van der Waals surface area (Å²) in [6, 6.07) is 0. The molecule has 1 atom stereocenters. The van der Waals surface area contributed by atoms with E-state index in [9.17, 15) is 14.4 Å². The molecule has 6 heteroatoms. The summed E-state index contributed by atoms with van der Waals surface area (Å²) < 4.78 is 16.7. The van der Waals surface area contributed by atoms with Gasteiger partial charge in [0.15, 0.2) is 6.10 Å². The lowest BCUT2D eigenvalue weighted by Gasteiger charge is -2.18. The first-order chi connectivity index (χ1) is 28.5. The number of carbonyl (C=O) groups is 3. The van der Waals surface area contributed by atoms with Gasteiger partial charge < -0.3 is 14.2 Å². The van der Waals surface area contributed by atoms with E-state index in [0.29, 0.717) is 19.3 Å². The number of esters is 3. The molecule has 0 aromatic heterocycles. The molecule has 1 unspecified atom stereocenters. The molecule has 0 heterocycles. The molecule has 0 saturated carbocycles. The zero-order chi connectivity index (χ0) is 42.3. The lowest BCUT2D eigenvalue weighted by Crippen LogP contribution is -2.30. The summed E-state index contributed by atoms with van der Waals surface area (Å²) in [5.41, 5.74) is 0. The predicted octanol–water partition coefficient (Wildman–Crippen LogP) is 16.1. The van der Waals surface area contributed by atoms with Crippen LogP contribution in [0.15, 0.2) is 36.5 Å². The van der Waals surface area contributed by atoms with Gasteiger partial charge in [-0.3, -0.25) is 14.4 Å². The number of unbranched alkanes of at least 4 members (excludes halogenated alkanes) is 28. The van der Waals surface area contributed by atoms with Gasteiger partial charge in [0.1, 0.15) is 13.2 Å². The monoisotopic (exact) mass is 815 g/mol. The first-order valence-electron chi connectivity index (χ1n) is 25.0. The Labute approximate surface area is 359 Å². The van der Waals surface area contributed by atoms with Crippen LogP contribution in [-0.2, 0) is 28.6 Å². The van der Waals surface area contributed by atoms with Crippen LogP contribution in [0.3, 0.4) is 0 Å². The minimum atomic E-state index is -0.776. The smallest absolute Gasteiger partial charge is 0.306 e. The summed E-state index contributed by atoms with van der Waals surface area (Å²) in [5.74, 6) is -0.892. The van der Waals surface area contributed by atoms with Crippen molar-refractivity contribution in [3.63, 3.8) is 0 Å². The van der Waals surface area contributed by atoms with Crippen LogP contribution in [0.4, 0.5) is 0 Å². The van der Waals surface area contributed by atoms with Crippen LogP contribution in [0.25, 0.3) is 0 Å². The van der Waals surface area contributed by atoms with Crippen LogP contribution < -0.4 is 0 Å². The summed E-state index contributed by atoms with van der Waals surface area (Å²) in [5, 5.41) is 0.